The predicted molar refractivity (Wildman–Crippen MR) is 89.1 cm³/mol. The van der Waals surface area contributed by atoms with E-state index in [2.05, 4.69) is 5.32 Å². The van der Waals surface area contributed by atoms with Crippen LogP contribution in [0.1, 0.15) is 36.0 Å². The zero-order valence-corrected chi connectivity index (χ0v) is 13.8. The van der Waals surface area contributed by atoms with E-state index in [0.29, 0.717) is 17.9 Å². The van der Waals surface area contributed by atoms with Gasteiger partial charge in [0.1, 0.15) is 12.4 Å². The van der Waals surface area contributed by atoms with Crippen LogP contribution in [0.5, 0.6) is 5.75 Å². The summed E-state index contributed by atoms with van der Waals surface area (Å²) >= 11 is 0. The van der Waals surface area contributed by atoms with Crippen LogP contribution in [0.2, 0.25) is 0 Å². The highest BCUT2D eigenvalue weighted by Gasteiger charge is 2.20. The molecule has 130 valence electrons. The molecule has 0 radical (unpaired) electrons. The number of likely N-dealkylation sites (tertiary alicyclic amines) is 1. The molecular weight excluding hydrogens is 308 g/mol. The van der Waals surface area contributed by atoms with Gasteiger partial charge in [-0.15, -0.1) is 0 Å². The Bertz CT molecular complexity index is 578. The Morgan fingerprint density at radius 1 is 1.21 bits per heavy atom. The highest BCUT2D eigenvalue weighted by molar-refractivity contribution is 5.98. The Hall–Kier alpha value is -2.08. The minimum Gasteiger partial charge on any atom is -0.490 e. The van der Waals surface area contributed by atoms with Gasteiger partial charge < -0.3 is 19.7 Å². The molecule has 1 atom stereocenters. The SMILES string of the molecule is O=C(NCC(=O)N1CCCC1)c1ccccc1OCC1CCCO1. The number of nitrogens with zero attached hydrogens (tertiary/aromatic N) is 1. The smallest absolute Gasteiger partial charge is 0.255 e. The summed E-state index contributed by atoms with van der Waals surface area (Å²) in [7, 11) is 0. The molecule has 2 aliphatic heterocycles. The van der Waals surface area contributed by atoms with E-state index in [1.807, 2.05) is 6.07 Å². The van der Waals surface area contributed by atoms with Crippen molar-refractivity contribution in [2.24, 2.45) is 0 Å². The van der Waals surface area contributed by atoms with Crippen LogP contribution in [-0.4, -0.2) is 55.7 Å². The van der Waals surface area contributed by atoms with Crippen LogP contribution in [0.4, 0.5) is 0 Å². The maximum atomic E-state index is 12.4. The van der Waals surface area contributed by atoms with Crippen molar-refractivity contribution in [3.8, 4) is 5.75 Å². The monoisotopic (exact) mass is 332 g/mol. The van der Waals surface area contributed by atoms with Gasteiger partial charge in [0.25, 0.3) is 5.91 Å². The lowest BCUT2D eigenvalue weighted by atomic mass is 10.2. The van der Waals surface area contributed by atoms with Crippen molar-refractivity contribution in [1.82, 2.24) is 10.2 Å². The van der Waals surface area contributed by atoms with E-state index in [9.17, 15) is 9.59 Å². The maximum Gasteiger partial charge on any atom is 0.255 e. The summed E-state index contributed by atoms with van der Waals surface area (Å²) in [6.45, 7) is 2.82. The van der Waals surface area contributed by atoms with Gasteiger partial charge in [-0.2, -0.15) is 0 Å². The fourth-order valence-electron chi connectivity index (χ4n) is 3.07. The van der Waals surface area contributed by atoms with Gasteiger partial charge in [0, 0.05) is 19.7 Å². The van der Waals surface area contributed by atoms with Crippen LogP contribution in [0.3, 0.4) is 0 Å². The number of rotatable bonds is 6. The van der Waals surface area contributed by atoms with Crippen LogP contribution >= 0.6 is 0 Å². The van der Waals surface area contributed by atoms with Crippen LogP contribution in [-0.2, 0) is 9.53 Å². The quantitative estimate of drug-likeness (QED) is 0.859. The first-order chi connectivity index (χ1) is 11.7. The lowest BCUT2D eigenvalue weighted by Gasteiger charge is -2.17. The van der Waals surface area contributed by atoms with Gasteiger partial charge in [-0.1, -0.05) is 12.1 Å². The number of carbonyl (C=O) groups is 2. The molecule has 1 N–H and O–H groups in total. The fraction of sp³-hybridized carbons (Fsp3) is 0.556. The topological polar surface area (TPSA) is 67.9 Å². The maximum absolute atomic E-state index is 12.4. The van der Waals surface area contributed by atoms with Crippen LogP contribution in [0, 0.1) is 0 Å². The highest BCUT2D eigenvalue weighted by atomic mass is 16.5. The number of nitrogens with one attached hydrogen (secondary N) is 1. The van der Waals surface area contributed by atoms with Crippen LogP contribution in [0.15, 0.2) is 24.3 Å². The van der Waals surface area contributed by atoms with Crippen LogP contribution in [0.25, 0.3) is 0 Å². The number of amides is 2. The second-order valence-electron chi connectivity index (χ2n) is 6.21. The first kappa shape index (κ1) is 16.8. The van der Waals surface area contributed by atoms with Gasteiger partial charge in [0.2, 0.25) is 5.91 Å². The minimum absolute atomic E-state index is 0.0267. The first-order valence-corrected chi connectivity index (χ1v) is 8.63. The molecule has 2 heterocycles. The molecule has 0 aliphatic carbocycles. The van der Waals surface area contributed by atoms with E-state index >= 15 is 0 Å². The number of para-hydroxylation sites is 1. The molecule has 0 aromatic heterocycles. The molecule has 1 unspecified atom stereocenters. The fourth-order valence-corrected chi connectivity index (χ4v) is 3.07. The van der Waals surface area contributed by atoms with Crippen molar-refractivity contribution < 1.29 is 19.1 Å². The molecule has 0 bridgehead atoms. The highest BCUT2D eigenvalue weighted by Crippen LogP contribution is 2.20. The van der Waals surface area contributed by atoms with Gasteiger partial charge in [-0.05, 0) is 37.8 Å². The summed E-state index contributed by atoms with van der Waals surface area (Å²) in [4.78, 5) is 26.2. The van der Waals surface area contributed by atoms with Crippen molar-refractivity contribution in [2.45, 2.75) is 31.8 Å². The van der Waals surface area contributed by atoms with E-state index in [1.165, 1.54) is 0 Å². The van der Waals surface area contributed by atoms with E-state index in [0.717, 1.165) is 45.4 Å². The normalized spacial score (nSPS) is 20.2. The lowest BCUT2D eigenvalue weighted by Crippen LogP contribution is -2.38. The molecule has 2 amide bonds. The molecule has 2 fully saturated rings. The zero-order valence-electron chi connectivity index (χ0n) is 13.8. The molecular formula is C18H24N2O4. The van der Waals surface area contributed by atoms with Gasteiger partial charge in [-0.25, -0.2) is 0 Å². The first-order valence-electron chi connectivity index (χ1n) is 8.63. The van der Waals surface area contributed by atoms with Crippen molar-refractivity contribution in [1.29, 1.82) is 0 Å². The van der Waals surface area contributed by atoms with Crippen molar-refractivity contribution in [3.05, 3.63) is 29.8 Å². The van der Waals surface area contributed by atoms with E-state index < -0.39 is 0 Å². The van der Waals surface area contributed by atoms with Crippen molar-refractivity contribution in [2.75, 3.05) is 32.8 Å². The third-order valence-electron chi connectivity index (χ3n) is 4.44. The molecule has 6 nitrogen and oxygen atoms in total. The largest absolute Gasteiger partial charge is 0.490 e. The zero-order chi connectivity index (χ0) is 16.8. The van der Waals surface area contributed by atoms with Crippen molar-refractivity contribution >= 4 is 11.8 Å². The molecule has 0 spiro atoms. The predicted octanol–water partition coefficient (Wildman–Crippen LogP) is 1.60. The Morgan fingerprint density at radius 2 is 2.00 bits per heavy atom. The molecule has 3 rings (SSSR count). The Kier molecular flexibility index (Phi) is 5.69. The molecule has 24 heavy (non-hydrogen) atoms. The second-order valence-corrected chi connectivity index (χ2v) is 6.21. The number of carbonyl (C=O) groups excluding carboxylic acids is 2. The Balaban J connectivity index is 1.54. The number of hydrogen-bond donors (Lipinski definition) is 1. The number of ether oxygens (including phenoxy) is 2. The van der Waals surface area contributed by atoms with E-state index in [4.69, 9.17) is 9.47 Å². The molecule has 2 saturated heterocycles. The number of hydrogen-bond acceptors (Lipinski definition) is 4. The summed E-state index contributed by atoms with van der Waals surface area (Å²) in [6, 6.07) is 7.10. The van der Waals surface area contributed by atoms with Gasteiger partial charge in [-0.3, -0.25) is 9.59 Å². The standard InChI is InChI=1S/C18H24N2O4/c21-17(20-9-3-4-10-20)12-19-18(22)15-7-1-2-8-16(15)24-13-14-6-5-11-23-14/h1-2,7-8,14H,3-6,9-13H2,(H,19,22). The summed E-state index contributed by atoms with van der Waals surface area (Å²) in [5.74, 6) is 0.211. The van der Waals surface area contributed by atoms with Gasteiger partial charge in [0.15, 0.2) is 0 Å². The molecule has 2 aliphatic rings. The average Bonchev–Trinajstić information content (AvgIpc) is 3.31. The van der Waals surface area contributed by atoms with Crippen molar-refractivity contribution in [3.63, 3.8) is 0 Å². The second kappa shape index (κ2) is 8.15. The van der Waals surface area contributed by atoms with E-state index in [1.54, 1.807) is 23.1 Å². The minimum atomic E-state index is -0.287. The van der Waals surface area contributed by atoms with Crippen LogP contribution < -0.4 is 10.1 Å². The Morgan fingerprint density at radius 3 is 2.75 bits per heavy atom. The third kappa shape index (κ3) is 4.26. The third-order valence-corrected chi connectivity index (χ3v) is 4.44. The Labute approximate surface area is 142 Å². The average molecular weight is 332 g/mol. The molecule has 0 saturated carbocycles. The molecule has 6 heteroatoms. The number of benzene rings is 1. The molecule has 1 aromatic rings. The van der Waals surface area contributed by atoms with Gasteiger partial charge in [0.05, 0.1) is 18.2 Å². The van der Waals surface area contributed by atoms with E-state index in [-0.39, 0.29) is 24.5 Å². The lowest BCUT2D eigenvalue weighted by molar-refractivity contribution is -0.129. The van der Waals surface area contributed by atoms with Gasteiger partial charge >= 0.3 is 0 Å². The summed E-state index contributed by atoms with van der Waals surface area (Å²) < 4.78 is 11.3. The summed E-state index contributed by atoms with van der Waals surface area (Å²) in [5.41, 5.74) is 0.449. The summed E-state index contributed by atoms with van der Waals surface area (Å²) in [6.07, 6.45) is 4.21. The molecule has 1 aromatic carbocycles. The summed E-state index contributed by atoms with van der Waals surface area (Å²) in [5, 5.41) is 2.70.